The van der Waals surface area contributed by atoms with Gasteiger partial charge in [-0.1, -0.05) is 27.2 Å². The van der Waals surface area contributed by atoms with Crippen LogP contribution in [0, 0.1) is 17.8 Å². The molecule has 2 aliphatic rings. The van der Waals surface area contributed by atoms with Gasteiger partial charge in [-0.25, -0.2) is 0 Å². The maximum Gasteiger partial charge on any atom is 0.0933 e. The monoisotopic (exact) mass is 255 g/mol. The lowest BCUT2D eigenvalue weighted by molar-refractivity contribution is -0.0881. The van der Waals surface area contributed by atoms with Crippen molar-refractivity contribution in [3.05, 3.63) is 0 Å². The van der Waals surface area contributed by atoms with Gasteiger partial charge in [0.15, 0.2) is 0 Å². The Morgan fingerprint density at radius 1 is 1.22 bits per heavy atom. The van der Waals surface area contributed by atoms with Gasteiger partial charge in [0, 0.05) is 12.6 Å². The van der Waals surface area contributed by atoms with Crippen molar-refractivity contribution in [3.63, 3.8) is 0 Å². The zero-order valence-corrected chi connectivity index (χ0v) is 12.2. The highest BCUT2D eigenvalue weighted by Crippen LogP contribution is 2.33. The number of nitrogens with one attached hydrogen (secondary N) is 1. The van der Waals surface area contributed by atoms with Crippen molar-refractivity contribution < 1.29 is 9.47 Å². The quantitative estimate of drug-likeness (QED) is 0.837. The van der Waals surface area contributed by atoms with Gasteiger partial charge < -0.3 is 14.8 Å². The van der Waals surface area contributed by atoms with Crippen LogP contribution >= 0.6 is 0 Å². The minimum absolute atomic E-state index is 0.254. The third-order valence-electron chi connectivity index (χ3n) is 4.51. The fourth-order valence-electron chi connectivity index (χ4n) is 3.37. The van der Waals surface area contributed by atoms with Gasteiger partial charge >= 0.3 is 0 Å². The number of hydrogen-bond acceptors (Lipinski definition) is 3. The fraction of sp³-hybridized carbons (Fsp3) is 1.00. The molecule has 0 aromatic carbocycles. The van der Waals surface area contributed by atoms with E-state index < -0.39 is 0 Å². The number of rotatable bonds is 4. The number of hydrogen-bond donors (Lipinski definition) is 1. The van der Waals surface area contributed by atoms with Crippen molar-refractivity contribution in [2.45, 2.75) is 52.2 Å². The molecule has 1 N–H and O–H groups in total. The summed E-state index contributed by atoms with van der Waals surface area (Å²) in [6.07, 6.45) is 4.34. The first-order valence-electron chi connectivity index (χ1n) is 7.59. The Balaban J connectivity index is 1.80. The summed E-state index contributed by atoms with van der Waals surface area (Å²) in [4.78, 5) is 0. The largest absolute Gasteiger partial charge is 0.376 e. The van der Waals surface area contributed by atoms with E-state index in [1.807, 2.05) is 0 Å². The van der Waals surface area contributed by atoms with Gasteiger partial charge in [-0.05, 0) is 30.6 Å². The summed E-state index contributed by atoms with van der Waals surface area (Å²) in [6.45, 7) is 10.3. The van der Waals surface area contributed by atoms with Gasteiger partial charge in [0.05, 0.1) is 25.9 Å². The first-order chi connectivity index (χ1) is 8.66. The topological polar surface area (TPSA) is 30.5 Å². The maximum atomic E-state index is 5.70. The van der Waals surface area contributed by atoms with E-state index in [0.717, 1.165) is 44.1 Å². The van der Waals surface area contributed by atoms with Crippen molar-refractivity contribution in [1.82, 2.24) is 5.32 Å². The number of ether oxygens (including phenoxy) is 2. The molecule has 4 atom stereocenters. The minimum atomic E-state index is 0.254. The van der Waals surface area contributed by atoms with E-state index in [9.17, 15) is 0 Å². The van der Waals surface area contributed by atoms with Crippen LogP contribution in [-0.2, 0) is 9.47 Å². The van der Waals surface area contributed by atoms with Crippen LogP contribution in [0.1, 0.15) is 40.0 Å². The van der Waals surface area contributed by atoms with Gasteiger partial charge in [-0.3, -0.25) is 0 Å². The Kier molecular flexibility index (Phi) is 5.46. The zero-order valence-electron chi connectivity index (χ0n) is 12.2. The van der Waals surface area contributed by atoms with Gasteiger partial charge in [0.25, 0.3) is 0 Å². The second-order valence-electron chi connectivity index (χ2n) is 6.41. The fourth-order valence-corrected chi connectivity index (χ4v) is 3.37. The minimum Gasteiger partial charge on any atom is -0.376 e. The molecule has 1 saturated carbocycles. The highest BCUT2D eigenvalue weighted by atomic mass is 16.6. The molecule has 1 heterocycles. The summed E-state index contributed by atoms with van der Waals surface area (Å²) in [5.41, 5.74) is 0. The lowest BCUT2D eigenvalue weighted by Gasteiger charge is -2.39. The molecule has 1 saturated heterocycles. The van der Waals surface area contributed by atoms with Crippen LogP contribution in [0.2, 0.25) is 0 Å². The predicted molar refractivity (Wildman–Crippen MR) is 73.7 cm³/mol. The first-order valence-corrected chi connectivity index (χ1v) is 7.59. The molecule has 0 aromatic heterocycles. The van der Waals surface area contributed by atoms with Crippen LogP contribution in [0.4, 0.5) is 0 Å². The summed E-state index contributed by atoms with van der Waals surface area (Å²) in [6, 6.07) is 0.666. The van der Waals surface area contributed by atoms with Crippen LogP contribution in [-0.4, -0.2) is 38.5 Å². The second-order valence-corrected chi connectivity index (χ2v) is 6.41. The normalized spacial score (nSPS) is 38.0. The highest BCUT2D eigenvalue weighted by Gasteiger charge is 2.30. The van der Waals surface area contributed by atoms with Crippen molar-refractivity contribution in [2.24, 2.45) is 17.8 Å². The predicted octanol–water partition coefficient (Wildman–Crippen LogP) is 2.45. The molecule has 0 bridgehead atoms. The van der Waals surface area contributed by atoms with Crippen molar-refractivity contribution in [2.75, 3.05) is 26.4 Å². The molecule has 0 aromatic rings. The Morgan fingerprint density at radius 2 is 2.06 bits per heavy atom. The van der Waals surface area contributed by atoms with Crippen molar-refractivity contribution in [3.8, 4) is 0 Å². The van der Waals surface area contributed by atoms with Gasteiger partial charge in [0.2, 0.25) is 0 Å². The molecule has 4 unspecified atom stereocenters. The molecule has 106 valence electrons. The molecular weight excluding hydrogens is 226 g/mol. The molecule has 1 aliphatic heterocycles. The Labute approximate surface area is 112 Å². The average Bonchev–Trinajstić information content (AvgIpc) is 2.37. The summed E-state index contributed by atoms with van der Waals surface area (Å²) >= 11 is 0. The molecule has 0 spiro atoms. The maximum absolute atomic E-state index is 5.70. The van der Waals surface area contributed by atoms with Gasteiger partial charge in [-0.15, -0.1) is 0 Å². The first kappa shape index (κ1) is 14.3. The van der Waals surface area contributed by atoms with E-state index in [2.05, 4.69) is 26.1 Å². The van der Waals surface area contributed by atoms with E-state index in [0.29, 0.717) is 6.04 Å². The summed E-state index contributed by atoms with van der Waals surface area (Å²) in [5, 5.41) is 3.75. The summed E-state index contributed by atoms with van der Waals surface area (Å²) in [5.74, 6) is 2.46. The van der Waals surface area contributed by atoms with Crippen LogP contribution in [0.25, 0.3) is 0 Å². The molecular formula is C15H29NO2. The third-order valence-corrected chi connectivity index (χ3v) is 4.51. The van der Waals surface area contributed by atoms with E-state index in [1.165, 1.54) is 19.3 Å². The Morgan fingerprint density at radius 3 is 2.72 bits per heavy atom. The standard InChI is InChI=1S/C15H29NO2/c1-11(2)14-5-4-12(3)8-15(14)16-9-13-10-17-6-7-18-13/h11-16H,4-10H2,1-3H3. The molecule has 3 heteroatoms. The van der Waals surface area contributed by atoms with Crippen LogP contribution in [0.3, 0.4) is 0 Å². The van der Waals surface area contributed by atoms with Gasteiger partial charge in [0.1, 0.15) is 0 Å². The van der Waals surface area contributed by atoms with E-state index >= 15 is 0 Å². The molecule has 2 rings (SSSR count). The zero-order chi connectivity index (χ0) is 13.0. The lowest BCUT2D eigenvalue weighted by Crippen LogP contribution is -2.47. The SMILES string of the molecule is CC1CCC(C(C)C)C(NCC2COCCO2)C1. The molecule has 0 radical (unpaired) electrons. The van der Waals surface area contributed by atoms with Crippen LogP contribution in [0.15, 0.2) is 0 Å². The molecule has 1 aliphatic carbocycles. The van der Waals surface area contributed by atoms with E-state index in [1.54, 1.807) is 0 Å². The molecule has 0 amide bonds. The summed E-state index contributed by atoms with van der Waals surface area (Å²) < 4.78 is 11.2. The van der Waals surface area contributed by atoms with E-state index in [4.69, 9.17) is 9.47 Å². The molecule has 3 nitrogen and oxygen atoms in total. The van der Waals surface area contributed by atoms with Crippen LogP contribution < -0.4 is 5.32 Å². The van der Waals surface area contributed by atoms with Crippen molar-refractivity contribution in [1.29, 1.82) is 0 Å². The smallest absolute Gasteiger partial charge is 0.0933 e. The lowest BCUT2D eigenvalue weighted by atomic mass is 9.74. The highest BCUT2D eigenvalue weighted by molar-refractivity contribution is 4.86. The van der Waals surface area contributed by atoms with E-state index in [-0.39, 0.29) is 6.10 Å². The van der Waals surface area contributed by atoms with Gasteiger partial charge in [-0.2, -0.15) is 0 Å². The Bertz CT molecular complexity index is 239. The Hall–Kier alpha value is -0.120. The second kappa shape index (κ2) is 6.88. The average molecular weight is 255 g/mol. The van der Waals surface area contributed by atoms with Crippen LogP contribution in [0.5, 0.6) is 0 Å². The van der Waals surface area contributed by atoms with Crippen molar-refractivity contribution >= 4 is 0 Å². The molecule has 2 fully saturated rings. The molecule has 18 heavy (non-hydrogen) atoms. The summed E-state index contributed by atoms with van der Waals surface area (Å²) in [7, 11) is 0. The third kappa shape index (κ3) is 3.94.